The number of aryl methyl sites for hydroxylation is 1. The van der Waals surface area contributed by atoms with Crippen LogP contribution in [0.25, 0.3) is 11.1 Å². The molecule has 0 saturated heterocycles. The van der Waals surface area contributed by atoms with Gasteiger partial charge in [0.15, 0.2) is 11.2 Å². The third-order valence-electron chi connectivity index (χ3n) is 8.97. The lowest BCUT2D eigenvalue weighted by atomic mass is 9.82. The summed E-state index contributed by atoms with van der Waals surface area (Å²) in [4.78, 5) is 37.7. The molecule has 7 rings (SSSR count). The molecular formula is C32H30F3N5O2S. The fraction of sp³-hybridized carbons (Fsp3) is 0.375. The first-order chi connectivity index (χ1) is 20.9. The van der Waals surface area contributed by atoms with Gasteiger partial charge in [0.05, 0.1) is 12.0 Å². The zero-order valence-electron chi connectivity index (χ0n) is 23.3. The Morgan fingerprint density at radius 3 is 2.60 bits per heavy atom. The van der Waals surface area contributed by atoms with Crippen LogP contribution in [0.2, 0.25) is 0 Å². The lowest BCUT2D eigenvalue weighted by Crippen LogP contribution is -2.38. The summed E-state index contributed by atoms with van der Waals surface area (Å²) in [5, 5.41) is 4.89. The summed E-state index contributed by atoms with van der Waals surface area (Å²) in [6.45, 7) is 0.622. The van der Waals surface area contributed by atoms with Crippen molar-refractivity contribution in [2.75, 3.05) is 5.32 Å². The molecule has 222 valence electrons. The number of benzene rings is 2. The van der Waals surface area contributed by atoms with Gasteiger partial charge in [0, 0.05) is 47.4 Å². The van der Waals surface area contributed by atoms with Crippen LogP contribution in [0.1, 0.15) is 88.9 Å². The Morgan fingerprint density at radius 1 is 1.05 bits per heavy atom. The summed E-state index contributed by atoms with van der Waals surface area (Å²) < 4.78 is 45.6. The van der Waals surface area contributed by atoms with Crippen molar-refractivity contribution in [3.05, 3.63) is 87.9 Å². The van der Waals surface area contributed by atoms with Crippen molar-refractivity contribution in [2.24, 2.45) is 0 Å². The SMILES string of the molecule is O=C(Nc1nccs1)C(c1ncn2c1CCC2)N1Cc2c(cc(-c3ccc([C@@H]4CCCC[C@H]4F)cc3)cc2C(F)F)C1=O. The second-order valence-corrected chi connectivity index (χ2v) is 12.4. The molecule has 2 amide bonds. The van der Waals surface area contributed by atoms with Crippen molar-refractivity contribution in [3.8, 4) is 11.1 Å². The number of amides is 2. The van der Waals surface area contributed by atoms with E-state index < -0.39 is 30.5 Å². The van der Waals surface area contributed by atoms with Crippen LogP contribution in [0.15, 0.2) is 54.3 Å². The van der Waals surface area contributed by atoms with Gasteiger partial charge in [0.2, 0.25) is 0 Å². The van der Waals surface area contributed by atoms with Crippen molar-refractivity contribution >= 4 is 28.3 Å². The van der Waals surface area contributed by atoms with Crippen LogP contribution in [0.5, 0.6) is 0 Å². The highest BCUT2D eigenvalue weighted by Crippen LogP contribution is 2.41. The van der Waals surface area contributed by atoms with Crippen LogP contribution in [0.3, 0.4) is 0 Å². The highest BCUT2D eigenvalue weighted by atomic mass is 32.1. The molecule has 3 aliphatic rings. The number of aromatic nitrogens is 3. The fourth-order valence-corrected chi connectivity index (χ4v) is 7.35. The highest BCUT2D eigenvalue weighted by molar-refractivity contribution is 7.13. The molecule has 2 aliphatic heterocycles. The Bertz CT molecular complexity index is 1670. The molecule has 1 aliphatic carbocycles. The van der Waals surface area contributed by atoms with Gasteiger partial charge in [-0.25, -0.2) is 23.1 Å². The zero-order valence-corrected chi connectivity index (χ0v) is 24.1. The second kappa shape index (κ2) is 11.3. The maximum atomic E-state index is 14.6. The van der Waals surface area contributed by atoms with Crippen LogP contribution in [0, 0.1) is 0 Å². The number of hydrogen-bond donors (Lipinski definition) is 1. The average Bonchev–Trinajstić information content (AvgIpc) is 3.81. The molecule has 0 bridgehead atoms. The van der Waals surface area contributed by atoms with E-state index in [1.165, 1.54) is 22.3 Å². The molecule has 11 heteroatoms. The number of alkyl halides is 3. The van der Waals surface area contributed by atoms with Crippen molar-refractivity contribution in [1.29, 1.82) is 0 Å². The molecule has 0 radical (unpaired) electrons. The number of imidazole rings is 1. The van der Waals surface area contributed by atoms with Gasteiger partial charge in [0.25, 0.3) is 18.2 Å². The standard InChI is InChI=1S/C32H30F3N5O2S/c33-25-5-2-1-4-21(25)19-9-7-18(8-10-19)20-14-22(29(34)35)24-16-40(31(42)23(24)15-20)28(30(41)38-32-36-11-13-43-32)27-26-6-3-12-39(26)17-37-27/h7-11,13-15,17,21,25,28-29H,1-6,12,16H2,(H,36,38,41)/t21-,25+,28?/m0/s1. The van der Waals surface area contributed by atoms with E-state index in [1.54, 1.807) is 24.0 Å². The molecular weight excluding hydrogens is 575 g/mol. The largest absolute Gasteiger partial charge is 0.334 e. The fourth-order valence-electron chi connectivity index (χ4n) is 6.82. The number of halogens is 3. The number of anilines is 1. The van der Waals surface area contributed by atoms with E-state index in [4.69, 9.17) is 0 Å². The van der Waals surface area contributed by atoms with Crippen LogP contribution in [-0.4, -0.2) is 37.4 Å². The van der Waals surface area contributed by atoms with Crippen molar-refractivity contribution in [1.82, 2.24) is 19.4 Å². The molecule has 7 nitrogen and oxygen atoms in total. The number of rotatable bonds is 7. The van der Waals surface area contributed by atoms with E-state index in [9.17, 15) is 22.8 Å². The number of thiazole rings is 1. The minimum Gasteiger partial charge on any atom is -0.334 e. The Balaban J connectivity index is 1.24. The van der Waals surface area contributed by atoms with Gasteiger partial charge in [-0.15, -0.1) is 11.3 Å². The van der Waals surface area contributed by atoms with E-state index in [1.807, 2.05) is 28.8 Å². The highest BCUT2D eigenvalue weighted by Gasteiger charge is 2.42. The maximum Gasteiger partial charge on any atom is 0.264 e. The van der Waals surface area contributed by atoms with Crippen molar-refractivity contribution in [3.63, 3.8) is 0 Å². The number of fused-ring (bicyclic) bond motifs is 2. The number of nitrogens with one attached hydrogen (secondary N) is 1. The van der Waals surface area contributed by atoms with Gasteiger partial charge in [-0.3, -0.25) is 14.9 Å². The summed E-state index contributed by atoms with van der Waals surface area (Å²) in [5.41, 5.74) is 3.48. The molecule has 4 heterocycles. The first kappa shape index (κ1) is 27.8. The van der Waals surface area contributed by atoms with Crippen LogP contribution in [0.4, 0.5) is 18.3 Å². The Kier molecular flexibility index (Phi) is 7.28. The topological polar surface area (TPSA) is 80.1 Å². The molecule has 4 aromatic rings. The minimum atomic E-state index is -2.82. The average molecular weight is 606 g/mol. The third kappa shape index (κ3) is 5.03. The first-order valence-corrected chi connectivity index (χ1v) is 15.5. The van der Waals surface area contributed by atoms with Crippen LogP contribution in [-0.2, 0) is 24.3 Å². The maximum absolute atomic E-state index is 14.6. The molecule has 1 fully saturated rings. The van der Waals surface area contributed by atoms with Gasteiger partial charge in [0.1, 0.15) is 6.17 Å². The van der Waals surface area contributed by atoms with Gasteiger partial charge in [-0.05, 0) is 60.1 Å². The predicted molar refractivity (Wildman–Crippen MR) is 157 cm³/mol. The summed E-state index contributed by atoms with van der Waals surface area (Å²) >= 11 is 1.25. The molecule has 3 atom stereocenters. The number of hydrogen-bond acceptors (Lipinski definition) is 5. The third-order valence-corrected chi connectivity index (χ3v) is 9.65. The lowest BCUT2D eigenvalue weighted by molar-refractivity contribution is -0.121. The van der Waals surface area contributed by atoms with Gasteiger partial charge in [-0.1, -0.05) is 37.1 Å². The predicted octanol–water partition coefficient (Wildman–Crippen LogP) is 7.22. The molecule has 1 unspecified atom stereocenters. The Hall–Kier alpha value is -3.99. The molecule has 2 aromatic carbocycles. The van der Waals surface area contributed by atoms with Gasteiger partial charge in [-0.2, -0.15) is 0 Å². The van der Waals surface area contributed by atoms with Crippen molar-refractivity contribution in [2.45, 2.75) is 76.2 Å². The second-order valence-electron chi connectivity index (χ2n) is 11.5. The van der Waals surface area contributed by atoms with Crippen molar-refractivity contribution < 1.29 is 22.8 Å². The normalized spacial score (nSPS) is 20.4. The number of carbonyl (C=O) groups excluding carboxylic acids is 2. The van der Waals surface area contributed by atoms with E-state index in [0.29, 0.717) is 34.8 Å². The lowest BCUT2D eigenvalue weighted by Gasteiger charge is -2.26. The van der Waals surface area contributed by atoms with Crippen LogP contribution >= 0.6 is 11.3 Å². The molecule has 43 heavy (non-hydrogen) atoms. The van der Waals surface area contributed by atoms with Gasteiger partial charge < -0.3 is 9.47 Å². The Labute approximate surface area is 250 Å². The quantitative estimate of drug-likeness (QED) is 0.241. The molecule has 1 N–H and O–H groups in total. The molecule has 1 saturated carbocycles. The molecule has 2 aromatic heterocycles. The number of nitrogens with zero attached hydrogens (tertiary/aromatic N) is 4. The van der Waals surface area contributed by atoms with E-state index in [0.717, 1.165) is 43.5 Å². The van der Waals surface area contributed by atoms with E-state index in [2.05, 4.69) is 15.3 Å². The Morgan fingerprint density at radius 2 is 1.86 bits per heavy atom. The van der Waals surface area contributed by atoms with Crippen LogP contribution < -0.4 is 5.32 Å². The summed E-state index contributed by atoms with van der Waals surface area (Å²) in [6.07, 6.45) is 4.34. The molecule has 0 spiro atoms. The first-order valence-electron chi connectivity index (χ1n) is 14.6. The summed E-state index contributed by atoms with van der Waals surface area (Å²) in [7, 11) is 0. The van der Waals surface area contributed by atoms with E-state index in [-0.39, 0.29) is 29.2 Å². The van der Waals surface area contributed by atoms with Gasteiger partial charge >= 0.3 is 0 Å². The summed E-state index contributed by atoms with van der Waals surface area (Å²) in [5.74, 6) is -1.16. The number of carbonyl (C=O) groups is 2. The minimum absolute atomic E-state index is 0.144. The zero-order chi connectivity index (χ0) is 29.7. The van der Waals surface area contributed by atoms with E-state index >= 15 is 0 Å². The monoisotopic (exact) mass is 605 g/mol. The summed E-state index contributed by atoms with van der Waals surface area (Å²) in [6, 6.07) is 9.28. The smallest absolute Gasteiger partial charge is 0.264 e.